The second-order valence-corrected chi connectivity index (χ2v) is 4.48. The smallest absolute Gasteiger partial charge is 0.335 e. The Morgan fingerprint density at radius 1 is 1.19 bits per heavy atom. The zero-order valence-electron chi connectivity index (χ0n) is 11.7. The number of aryl methyl sites for hydroxylation is 1. The molecule has 106 valence electrons. The highest BCUT2D eigenvalue weighted by Gasteiger charge is 2.07. The van der Waals surface area contributed by atoms with E-state index >= 15 is 0 Å². The fraction of sp³-hybridized carbons (Fsp3) is 0.0588. The lowest BCUT2D eigenvalue weighted by Gasteiger charge is -2.12. The van der Waals surface area contributed by atoms with E-state index in [9.17, 15) is 4.79 Å². The van der Waals surface area contributed by atoms with Crippen molar-refractivity contribution in [2.45, 2.75) is 6.92 Å². The highest BCUT2D eigenvalue weighted by molar-refractivity contribution is 6.09. The van der Waals surface area contributed by atoms with Crippen LogP contribution in [0, 0.1) is 6.92 Å². The molecule has 2 aromatic carbocycles. The lowest BCUT2D eigenvalue weighted by molar-refractivity contribution is 0.0697. The molecule has 21 heavy (non-hydrogen) atoms. The van der Waals surface area contributed by atoms with E-state index in [0.717, 1.165) is 16.8 Å². The first-order valence-corrected chi connectivity index (χ1v) is 6.47. The number of amidine groups is 1. The molecule has 0 radical (unpaired) electrons. The molecule has 0 heterocycles. The van der Waals surface area contributed by atoms with Gasteiger partial charge in [0.2, 0.25) is 0 Å². The summed E-state index contributed by atoms with van der Waals surface area (Å²) in [6.45, 7) is 5.63. The molecule has 2 aromatic rings. The number of aromatic carboxylic acids is 1. The topological polar surface area (TPSA) is 61.7 Å². The Balaban J connectivity index is 2.29. The maximum Gasteiger partial charge on any atom is 0.335 e. The van der Waals surface area contributed by atoms with Crippen LogP contribution in [0.1, 0.15) is 21.5 Å². The SMILES string of the molecule is C=CN=C(Nc1ccc(C(=O)O)cc1)c1ccccc1C. The zero-order valence-corrected chi connectivity index (χ0v) is 11.7. The fourth-order valence-electron chi connectivity index (χ4n) is 1.93. The summed E-state index contributed by atoms with van der Waals surface area (Å²) < 4.78 is 0. The van der Waals surface area contributed by atoms with E-state index in [4.69, 9.17) is 5.11 Å². The molecular formula is C17H16N2O2. The van der Waals surface area contributed by atoms with Crippen molar-refractivity contribution in [1.82, 2.24) is 0 Å². The summed E-state index contributed by atoms with van der Waals surface area (Å²) in [6, 6.07) is 14.4. The molecule has 0 atom stereocenters. The van der Waals surface area contributed by atoms with E-state index in [0.29, 0.717) is 5.84 Å². The molecule has 0 saturated heterocycles. The van der Waals surface area contributed by atoms with Gasteiger partial charge in [0.15, 0.2) is 0 Å². The average molecular weight is 280 g/mol. The van der Waals surface area contributed by atoms with Gasteiger partial charge in [-0.05, 0) is 36.8 Å². The summed E-state index contributed by atoms with van der Waals surface area (Å²) in [6.07, 6.45) is 1.47. The van der Waals surface area contributed by atoms with Crippen LogP contribution < -0.4 is 5.32 Å². The van der Waals surface area contributed by atoms with Gasteiger partial charge in [0.1, 0.15) is 5.84 Å². The van der Waals surface area contributed by atoms with Gasteiger partial charge in [-0.15, -0.1) is 0 Å². The molecule has 0 aliphatic heterocycles. The summed E-state index contributed by atoms with van der Waals surface area (Å²) in [7, 11) is 0. The van der Waals surface area contributed by atoms with Crippen molar-refractivity contribution in [2.24, 2.45) is 4.99 Å². The van der Waals surface area contributed by atoms with E-state index in [1.807, 2.05) is 31.2 Å². The van der Waals surface area contributed by atoms with Crippen LogP contribution in [0.15, 0.2) is 66.3 Å². The van der Waals surface area contributed by atoms with Gasteiger partial charge in [-0.3, -0.25) is 0 Å². The number of benzene rings is 2. The lowest BCUT2D eigenvalue weighted by Crippen LogP contribution is -2.14. The Labute approximate surface area is 123 Å². The summed E-state index contributed by atoms with van der Waals surface area (Å²) in [5.41, 5.74) is 3.08. The third-order valence-corrected chi connectivity index (χ3v) is 3.02. The van der Waals surface area contributed by atoms with Crippen molar-refractivity contribution in [2.75, 3.05) is 5.32 Å². The third kappa shape index (κ3) is 3.57. The number of carboxylic acid groups (broad SMARTS) is 1. The number of nitrogens with zero attached hydrogens (tertiary/aromatic N) is 1. The normalized spacial score (nSPS) is 11.0. The number of nitrogens with one attached hydrogen (secondary N) is 1. The molecule has 0 spiro atoms. The van der Waals surface area contributed by atoms with E-state index < -0.39 is 5.97 Å². The Bertz CT molecular complexity index is 688. The molecule has 4 heteroatoms. The number of hydrogen-bond acceptors (Lipinski definition) is 2. The van der Waals surface area contributed by atoms with Crippen LogP contribution in [0.2, 0.25) is 0 Å². The maximum absolute atomic E-state index is 10.8. The summed E-state index contributed by atoms with van der Waals surface area (Å²) in [4.78, 5) is 15.1. The van der Waals surface area contributed by atoms with Crippen molar-refractivity contribution in [3.63, 3.8) is 0 Å². The molecule has 0 amide bonds. The quantitative estimate of drug-likeness (QED) is 0.663. The predicted octanol–water partition coefficient (Wildman–Crippen LogP) is 3.70. The van der Waals surface area contributed by atoms with Gasteiger partial charge < -0.3 is 10.4 Å². The Morgan fingerprint density at radius 3 is 2.43 bits per heavy atom. The second-order valence-electron chi connectivity index (χ2n) is 4.48. The molecule has 2 N–H and O–H groups in total. The highest BCUT2D eigenvalue weighted by atomic mass is 16.4. The van der Waals surface area contributed by atoms with Gasteiger partial charge in [0.25, 0.3) is 0 Å². The van der Waals surface area contributed by atoms with E-state index in [1.165, 1.54) is 6.20 Å². The number of carboxylic acids is 1. The Hall–Kier alpha value is -2.88. The number of anilines is 1. The maximum atomic E-state index is 10.8. The van der Waals surface area contributed by atoms with Crippen molar-refractivity contribution in [3.05, 3.63) is 78.0 Å². The molecule has 0 aliphatic carbocycles. The summed E-state index contributed by atoms with van der Waals surface area (Å²) >= 11 is 0. The van der Waals surface area contributed by atoms with Gasteiger partial charge in [-0.1, -0.05) is 30.8 Å². The van der Waals surface area contributed by atoms with Crippen LogP contribution in [0.5, 0.6) is 0 Å². The predicted molar refractivity (Wildman–Crippen MR) is 84.9 cm³/mol. The monoisotopic (exact) mass is 280 g/mol. The first-order chi connectivity index (χ1) is 10.1. The molecule has 4 nitrogen and oxygen atoms in total. The van der Waals surface area contributed by atoms with Gasteiger partial charge in [0.05, 0.1) is 5.56 Å². The van der Waals surface area contributed by atoms with E-state index in [-0.39, 0.29) is 5.56 Å². The van der Waals surface area contributed by atoms with E-state index in [2.05, 4.69) is 16.9 Å². The van der Waals surface area contributed by atoms with E-state index in [1.54, 1.807) is 24.3 Å². The molecule has 0 fully saturated rings. The number of carbonyl (C=O) groups is 1. The molecule has 2 rings (SSSR count). The minimum Gasteiger partial charge on any atom is -0.478 e. The second kappa shape index (κ2) is 6.52. The third-order valence-electron chi connectivity index (χ3n) is 3.02. The van der Waals surface area contributed by atoms with Crippen LogP contribution in [0.4, 0.5) is 5.69 Å². The van der Waals surface area contributed by atoms with Gasteiger partial charge in [-0.2, -0.15) is 0 Å². The highest BCUT2D eigenvalue weighted by Crippen LogP contribution is 2.14. The number of hydrogen-bond donors (Lipinski definition) is 2. The van der Waals surface area contributed by atoms with Crippen molar-refractivity contribution < 1.29 is 9.90 Å². The minimum atomic E-state index is -0.944. The average Bonchev–Trinajstić information content (AvgIpc) is 2.48. The molecule has 0 bridgehead atoms. The standard InChI is InChI=1S/C17H16N2O2/c1-3-18-16(15-7-5-4-6-12(15)2)19-14-10-8-13(9-11-14)17(20)21/h3-11H,1H2,2H3,(H,18,19)(H,20,21). The number of rotatable bonds is 4. The summed E-state index contributed by atoms with van der Waals surface area (Å²) in [5, 5.41) is 12.1. The largest absolute Gasteiger partial charge is 0.478 e. The first-order valence-electron chi connectivity index (χ1n) is 6.47. The van der Waals surface area contributed by atoms with Crippen LogP contribution in [-0.4, -0.2) is 16.9 Å². The van der Waals surface area contributed by atoms with Crippen molar-refractivity contribution in [3.8, 4) is 0 Å². The van der Waals surface area contributed by atoms with Gasteiger partial charge in [-0.25, -0.2) is 9.79 Å². The lowest BCUT2D eigenvalue weighted by atomic mass is 10.1. The van der Waals surface area contributed by atoms with Crippen LogP contribution in [0.3, 0.4) is 0 Å². The molecule has 0 unspecified atom stereocenters. The molecule has 0 saturated carbocycles. The molecular weight excluding hydrogens is 264 g/mol. The van der Waals surface area contributed by atoms with Crippen LogP contribution >= 0.6 is 0 Å². The fourth-order valence-corrected chi connectivity index (χ4v) is 1.93. The van der Waals surface area contributed by atoms with Gasteiger partial charge in [0, 0.05) is 17.5 Å². The molecule has 0 aromatic heterocycles. The van der Waals surface area contributed by atoms with Crippen LogP contribution in [-0.2, 0) is 0 Å². The Morgan fingerprint density at radius 2 is 1.86 bits per heavy atom. The van der Waals surface area contributed by atoms with Crippen molar-refractivity contribution >= 4 is 17.5 Å². The van der Waals surface area contributed by atoms with Gasteiger partial charge >= 0.3 is 5.97 Å². The van der Waals surface area contributed by atoms with Crippen molar-refractivity contribution in [1.29, 1.82) is 0 Å². The Kier molecular flexibility index (Phi) is 4.51. The summed E-state index contributed by atoms with van der Waals surface area (Å²) in [5.74, 6) is -0.272. The van der Waals surface area contributed by atoms with Crippen LogP contribution in [0.25, 0.3) is 0 Å². The minimum absolute atomic E-state index is 0.249. The molecule has 0 aliphatic rings. The first kappa shape index (κ1) is 14.5. The zero-order chi connectivity index (χ0) is 15.2. The number of aliphatic imine (C=N–C) groups is 1.